The molecular weight excluding hydrogens is 248 g/mol. The molecular formula is C17H26N2O. The zero-order chi connectivity index (χ0) is 14.0. The summed E-state index contributed by atoms with van der Waals surface area (Å²) in [5.41, 5.74) is 1.34. The lowest BCUT2D eigenvalue weighted by molar-refractivity contribution is -0.121. The van der Waals surface area contributed by atoms with Gasteiger partial charge in [0.15, 0.2) is 0 Å². The van der Waals surface area contributed by atoms with Crippen LogP contribution in [0.4, 0.5) is 0 Å². The first-order valence-electron chi connectivity index (χ1n) is 7.88. The Kier molecular flexibility index (Phi) is 6.58. The Balaban J connectivity index is 1.51. The maximum atomic E-state index is 11.8. The molecule has 1 aliphatic rings. The van der Waals surface area contributed by atoms with Gasteiger partial charge in [0.05, 0.1) is 0 Å². The quantitative estimate of drug-likeness (QED) is 0.751. The van der Waals surface area contributed by atoms with Crippen LogP contribution < -0.4 is 10.6 Å². The molecule has 0 aliphatic heterocycles. The number of hydrogen-bond donors (Lipinski definition) is 2. The van der Waals surface area contributed by atoms with Crippen molar-refractivity contribution in [1.29, 1.82) is 0 Å². The summed E-state index contributed by atoms with van der Waals surface area (Å²) in [5.74, 6) is 0.198. The minimum absolute atomic E-state index is 0.198. The lowest BCUT2D eigenvalue weighted by atomic mass is 9.95. The van der Waals surface area contributed by atoms with Crippen LogP contribution in [0.5, 0.6) is 0 Å². The Hall–Kier alpha value is -1.35. The zero-order valence-corrected chi connectivity index (χ0v) is 12.2. The van der Waals surface area contributed by atoms with Crippen molar-refractivity contribution in [2.75, 3.05) is 13.1 Å². The predicted molar refractivity (Wildman–Crippen MR) is 82.6 cm³/mol. The molecule has 2 N–H and O–H groups in total. The smallest absolute Gasteiger partial charge is 0.221 e. The van der Waals surface area contributed by atoms with E-state index < -0.39 is 0 Å². The Morgan fingerprint density at radius 3 is 2.55 bits per heavy atom. The molecule has 0 heterocycles. The molecule has 20 heavy (non-hydrogen) atoms. The average Bonchev–Trinajstić information content (AvgIpc) is 2.49. The Labute approximate surface area is 122 Å². The van der Waals surface area contributed by atoms with Crippen LogP contribution in [-0.2, 0) is 11.2 Å². The topological polar surface area (TPSA) is 41.1 Å². The van der Waals surface area contributed by atoms with E-state index in [0.717, 1.165) is 32.4 Å². The molecule has 1 aliphatic carbocycles. The fraction of sp³-hybridized carbons (Fsp3) is 0.588. The molecule has 0 saturated heterocycles. The van der Waals surface area contributed by atoms with Crippen molar-refractivity contribution in [3.8, 4) is 0 Å². The van der Waals surface area contributed by atoms with Crippen LogP contribution in [0.25, 0.3) is 0 Å². The van der Waals surface area contributed by atoms with Gasteiger partial charge in [-0.2, -0.15) is 0 Å². The normalized spacial score (nSPS) is 16.0. The molecule has 1 amide bonds. The van der Waals surface area contributed by atoms with E-state index >= 15 is 0 Å². The fourth-order valence-corrected chi connectivity index (χ4v) is 2.75. The largest absolute Gasteiger partial charge is 0.353 e. The number of hydrogen-bond acceptors (Lipinski definition) is 2. The first-order valence-corrected chi connectivity index (χ1v) is 7.88. The SMILES string of the molecule is O=C(CCNCCc1ccccc1)NC1CCCCC1. The molecule has 0 bridgehead atoms. The first kappa shape index (κ1) is 15.0. The van der Waals surface area contributed by atoms with Gasteiger partial charge in [0, 0.05) is 19.0 Å². The molecule has 1 aromatic rings. The monoisotopic (exact) mass is 274 g/mol. The highest BCUT2D eigenvalue weighted by molar-refractivity contribution is 5.76. The van der Waals surface area contributed by atoms with Gasteiger partial charge in [0.2, 0.25) is 5.91 Å². The van der Waals surface area contributed by atoms with Gasteiger partial charge in [-0.05, 0) is 31.4 Å². The molecule has 1 saturated carbocycles. The van der Waals surface area contributed by atoms with E-state index in [1.807, 2.05) is 6.07 Å². The van der Waals surface area contributed by atoms with E-state index in [0.29, 0.717) is 12.5 Å². The summed E-state index contributed by atoms with van der Waals surface area (Å²) in [6.07, 6.45) is 7.78. The third kappa shape index (κ3) is 5.74. The van der Waals surface area contributed by atoms with E-state index in [1.54, 1.807) is 0 Å². The summed E-state index contributed by atoms with van der Waals surface area (Å²) in [4.78, 5) is 11.8. The highest BCUT2D eigenvalue weighted by Gasteiger charge is 2.14. The Morgan fingerprint density at radius 1 is 1.05 bits per heavy atom. The van der Waals surface area contributed by atoms with E-state index in [-0.39, 0.29) is 5.91 Å². The second-order valence-electron chi connectivity index (χ2n) is 5.64. The zero-order valence-electron chi connectivity index (χ0n) is 12.2. The van der Waals surface area contributed by atoms with Gasteiger partial charge in [0.1, 0.15) is 0 Å². The van der Waals surface area contributed by atoms with Crippen LogP contribution >= 0.6 is 0 Å². The van der Waals surface area contributed by atoms with Crippen molar-refractivity contribution in [3.05, 3.63) is 35.9 Å². The Bertz CT molecular complexity index is 385. The van der Waals surface area contributed by atoms with E-state index in [1.165, 1.54) is 24.8 Å². The molecule has 1 fully saturated rings. The number of nitrogens with one attached hydrogen (secondary N) is 2. The van der Waals surface area contributed by atoms with E-state index in [4.69, 9.17) is 0 Å². The molecule has 0 unspecified atom stereocenters. The number of rotatable bonds is 7. The van der Waals surface area contributed by atoms with Gasteiger partial charge in [-0.15, -0.1) is 0 Å². The third-order valence-electron chi connectivity index (χ3n) is 3.93. The highest BCUT2D eigenvalue weighted by Crippen LogP contribution is 2.17. The molecule has 1 aromatic carbocycles. The molecule has 3 nitrogen and oxygen atoms in total. The Morgan fingerprint density at radius 2 is 1.80 bits per heavy atom. The maximum Gasteiger partial charge on any atom is 0.221 e. The second kappa shape index (κ2) is 8.75. The lowest BCUT2D eigenvalue weighted by Gasteiger charge is -2.22. The first-order chi connectivity index (χ1) is 9.84. The van der Waals surface area contributed by atoms with Gasteiger partial charge < -0.3 is 10.6 Å². The van der Waals surface area contributed by atoms with Crippen LogP contribution in [0.3, 0.4) is 0 Å². The van der Waals surface area contributed by atoms with Crippen LogP contribution in [0, 0.1) is 0 Å². The van der Waals surface area contributed by atoms with Crippen LogP contribution in [0.2, 0.25) is 0 Å². The summed E-state index contributed by atoms with van der Waals surface area (Å²) in [6, 6.07) is 10.9. The average molecular weight is 274 g/mol. The fourth-order valence-electron chi connectivity index (χ4n) is 2.75. The van der Waals surface area contributed by atoms with Gasteiger partial charge >= 0.3 is 0 Å². The lowest BCUT2D eigenvalue weighted by Crippen LogP contribution is -2.37. The molecule has 0 radical (unpaired) electrons. The van der Waals surface area contributed by atoms with Gasteiger partial charge in [-0.25, -0.2) is 0 Å². The second-order valence-corrected chi connectivity index (χ2v) is 5.64. The maximum absolute atomic E-state index is 11.8. The molecule has 0 spiro atoms. The third-order valence-corrected chi connectivity index (χ3v) is 3.93. The van der Waals surface area contributed by atoms with E-state index in [9.17, 15) is 4.79 Å². The standard InChI is InChI=1S/C17H26N2O/c20-17(19-16-9-5-2-6-10-16)12-14-18-13-11-15-7-3-1-4-8-15/h1,3-4,7-8,16,18H,2,5-6,9-14H2,(H,19,20). The minimum atomic E-state index is 0.198. The number of amides is 1. The van der Waals surface area contributed by atoms with Crippen molar-refractivity contribution in [1.82, 2.24) is 10.6 Å². The highest BCUT2D eigenvalue weighted by atomic mass is 16.1. The minimum Gasteiger partial charge on any atom is -0.353 e. The van der Waals surface area contributed by atoms with Crippen molar-refractivity contribution in [2.45, 2.75) is 51.0 Å². The molecule has 110 valence electrons. The summed E-state index contributed by atoms with van der Waals surface area (Å²) < 4.78 is 0. The van der Waals surface area contributed by atoms with Crippen molar-refractivity contribution in [3.63, 3.8) is 0 Å². The van der Waals surface area contributed by atoms with E-state index in [2.05, 4.69) is 34.9 Å². The van der Waals surface area contributed by atoms with Crippen LogP contribution in [-0.4, -0.2) is 25.0 Å². The van der Waals surface area contributed by atoms with Crippen LogP contribution in [0.15, 0.2) is 30.3 Å². The van der Waals surface area contributed by atoms with Crippen LogP contribution in [0.1, 0.15) is 44.1 Å². The molecule has 3 heteroatoms. The molecule has 0 aromatic heterocycles. The van der Waals surface area contributed by atoms with Gasteiger partial charge in [-0.3, -0.25) is 4.79 Å². The number of benzene rings is 1. The summed E-state index contributed by atoms with van der Waals surface area (Å²) in [7, 11) is 0. The van der Waals surface area contributed by atoms with Crippen molar-refractivity contribution in [2.24, 2.45) is 0 Å². The number of carbonyl (C=O) groups is 1. The predicted octanol–water partition coefficient (Wildman–Crippen LogP) is 2.66. The van der Waals surface area contributed by atoms with Gasteiger partial charge in [-0.1, -0.05) is 49.6 Å². The summed E-state index contributed by atoms with van der Waals surface area (Å²) in [5, 5.41) is 6.49. The van der Waals surface area contributed by atoms with Crippen molar-refractivity contribution < 1.29 is 4.79 Å². The summed E-state index contributed by atoms with van der Waals surface area (Å²) in [6.45, 7) is 1.70. The van der Waals surface area contributed by atoms with Crippen molar-refractivity contribution >= 4 is 5.91 Å². The number of carbonyl (C=O) groups excluding carboxylic acids is 1. The van der Waals surface area contributed by atoms with Gasteiger partial charge in [0.25, 0.3) is 0 Å². The molecule has 0 atom stereocenters. The molecule has 2 rings (SSSR count). The summed E-state index contributed by atoms with van der Waals surface area (Å²) >= 11 is 0.